The first kappa shape index (κ1) is 14.2. The van der Waals surface area contributed by atoms with Crippen molar-refractivity contribution in [3.05, 3.63) is 23.0 Å². The van der Waals surface area contributed by atoms with Crippen molar-refractivity contribution in [3.8, 4) is 0 Å². The molecule has 1 aromatic rings. The van der Waals surface area contributed by atoms with Crippen LogP contribution >= 0.6 is 11.8 Å². The molecule has 0 saturated carbocycles. The van der Waals surface area contributed by atoms with Crippen LogP contribution < -0.4 is 5.32 Å². The molecule has 1 aromatic heterocycles. The van der Waals surface area contributed by atoms with Gasteiger partial charge >= 0.3 is 5.97 Å². The minimum atomic E-state index is -0.913. The van der Waals surface area contributed by atoms with E-state index in [4.69, 9.17) is 0 Å². The molecule has 4 nitrogen and oxygen atoms in total. The molecular formula is C14H20N2O2S. The maximum Gasteiger partial charge on any atom is 0.339 e. The van der Waals surface area contributed by atoms with Gasteiger partial charge in [0, 0.05) is 17.5 Å². The number of thioether (sulfide) groups is 1. The molecule has 1 aliphatic heterocycles. The lowest BCUT2D eigenvalue weighted by atomic mass is 10.1. The molecule has 0 radical (unpaired) electrons. The number of carbonyl (C=O) groups is 1. The number of hydrogen-bond donors (Lipinski definition) is 2. The largest absolute Gasteiger partial charge is 0.478 e. The van der Waals surface area contributed by atoms with Gasteiger partial charge in [0.1, 0.15) is 5.56 Å². The van der Waals surface area contributed by atoms with Gasteiger partial charge in [0.25, 0.3) is 0 Å². The van der Waals surface area contributed by atoms with Crippen LogP contribution in [0.25, 0.3) is 0 Å². The Kier molecular flexibility index (Phi) is 4.69. The topological polar surface area (TPSA) is 62.2 Å². The Balaban J connectivity index is 2.12. The molecular weight excluding hydrogens is 260 g/mol. The van der Waals surface area contributed by atoms with Crippen molar-refractivity contribution < 1.29 is 9.90 Å². The minimum Gasteiger partial charge on any atom is -0.478 e. The van der Waals surface area contributed by atoms with E-state index in [2.05, 4.69) is 10.3 Å². The maximum absolute atomic E-state index is 11.3. The highest BCUT2D eigenvalue weighted by atomic mass is 32.2. The summed E-state index contributed by atoms with van der Waals surface area (Å²) in [5, 5.41) is 13.2. The molecule has 0 aliphatic carbocycles. The Morgan fingerprint density at radius 3 is 2.95 bits per heavy atom. The molecule has 1 unspecified atom stereocenters. The highest BCUT2D eigenvalue weighted by Crippen LogP contribution is 2.26. The molecule has 0 bridgehead atoms. The molecule has 0 spiro atoms. The number of carboxylic acids is 1. The van der Waals surface area contributed by atoms with Crippen molar-refractivity contribution in [3.63, 3.8) is 0 Å². The third-order valence-corrected chi connectivity index (χ3v) is 4.73. The van der Waals surface area contributed by atoms with Gasteiger partial charge in [-0.05, 0) is 38.5 Å². The van der Waals surface area contributed by atoms with Crippen LogP contribution in [0.1, 0.15) is 41.0 Å². The van der Waals surface area contributed by atoms with Crippen LogP contribution in [-0.2, 0) is 0 Å². The number of anilines is 1. The Morgan fingerprint density at radius 1 is 1.53 bits per heavy atom. The monoisotopic (exact) mass is 280 g/mol. The number of rotatable bonds is 4. The standard InChI is InChI=1S/C14H20N2O2S/c1-9-7-12(13(14(17)18)10(2)16-9)15-8-11-5-3-4-6-19-11/h7,11H,3-6,8H2,1-2H3,(H,15,16)(H,17,18). The molecule has 1 aliphatic rings. The fourth-order valence-corrected chi connectivity index (χ4v) is 3.67. The average Bonchev–Trinajstić information content (AvgIpc) is 2.36. The number of nitrogens with zero attached hydrogens (tertiary/aromatic N) is 1. The van der Waals surface area contributed by atoms with Crippen molar-refractivity contribution in [2.24, 2.45) is 0 Å². The van der Waals surface area contributed by atoms with Crippen LogP contribution in [0, 0.1) is 13.8 Å². The van der Waals surface area contributed by atoms with Crippen molar-refractivity contribution in [2.45, 2.75) is 38.4 Å². The highest BCUT2D eigenvalue weighted by Gasteiger charge is 2.18. The van der Waals surface area contributed by atoms with Crippen LogP contribution in [0.3, 0.4) is 0 Å². The molecule has 2 rings (SSSR count). The van der Waals surface area contributed by atoms with Crippen LogP contribution in [0.4, 0.5) is 5.69 Å². The fourth-order valence-electron chi connectivity index (χ4n) is 2.43. The summed E-state index contributed by atoms with van der Waals surface area (Å²) in [5.74, 6) is 0.302. The fraction of sp³-hybridized carbons (Fsp3) is 0.571. The van der Waals surface area contributed by atoms with Gasteiger partial charge in [-0.15, -0.1) is 0 Å². The lowest BCUT2D eigenvalue weighted by Gasteiger charge is -2.22. The van der Waals surface area contributed by atoms with Crippen molar-refractivity contribution >= 4 is 23.4 Å². The summed E-state index contributed by atoms with van der Waals surface area (Å²) >= 11 is 1.98. The summed E-state index contributed by atoms with van der Waals surface area (Å²) in [6.07, 6.45) is 3.79. The molecule has 1 fully saturated rings. The molecule has 1 atom stereocenters. The number of aromatic nitrogens is 1. The van der Waals surface area contributed by atoms with Gasteiger partial charge in [-0.1, -0.05) is 6.42 Å². The van der Waals surface area contributed by atoms with Gasteiger partial charge in [0.15, 0.2) is 0 Å². The molecule has 104 valence electrons. The highest BCUT2D eigenvalue weighted by molar-refractivity contribution is 7.99. The van der Waals surface area contributed by atoms with Crippen LogP contribution in [0.2, 0.25) is 0 Å². The predicted octanol–water partition coefficient (Wildman–Crippen LogP) is 3.09. The number of aryl methyl sites for hydroxylation is 2. The van der Waals surface area contributed by atoms with E-state index in [9.17, 15) is 9.90 Å². The Morgan fingerprint density at radius 2 is 2.32 bits per heavy atom. The van der Waals surface area contributed by atoms with Gasteiger partial charge in [0.05, 0.1) is 11.4 Å². The molecule has 2 heterocycles. The summed E-state index contributed by atoms with van der Waals surface area (Å²) in [6, 6.07) is 1.82. The van der Waals surface area contributed by atoms with E-state index in [1.54, 1.807) is 6.92 Å². The SMILES string of the molecule is Cc1cc(NCC2CCCCS2)c(C(=O)O)c(C)n1. The van der Waals surface area contributed by atoms with Crippen LogP contribution in [0.15, 0.2) is 6.07 Å². The predicted molar refractivity (Wildman–Crippen MR) is 79.3 cm³/mol. The smallest absolute Gasteiger partial charge is 0.339 e. The number of hydrogen-bond acceptors (Lipinski definition) is 4. The van der Waals surface area contributed by atoms with Crippen molar-refractivity contribution in [1.29, 1.82) is 0 Å². The van der Waals surface area contributed by atoms with E-state index in [1.165, 1.54) is 25.0 Å². The Hall–Kier alpha value is -1.23. The molecule has 2 N–H and O–H groups in total. The molecule has 19 heavy (non-hydrogen) atoms. The summed E-state index contributed by atoms with van der Waals surface area (Å²) in [7, 11) is 0. The lowest BCUT2D eigenvalue weighted by molar-refractivity contribution is 0.0696. The second kappa shape index (κ2) is 6.28. The summed E-state index contributed by atoms with van der Waals surface area (Å²) in [4.78, 5) is 15.5. The van der Waals surface area contributed by atoms with Gasteiger partial charge in [-0.3, -0.25) is 4.98 Å². The van der Waals surface area contributed by atoms with E-state index in [1.807, 2.05) is 24.8 Å². The molecule has 0 aromatic carbocycles. The molecule has 1 saturated heterocycles. The summed E-state index contributed by atoms with van der Waals surface area (Å²) in [5.41, 5.74) is 2.42. The van der Waals surface area contributed by atoms with Crippen LogP contribution in [0.5, 0.6) is 0 Å². The average molecular weight is 280 g/mol. The van der Waals surface area contributed by atoms with Crippen LogP contribution in [-0.4, -0.2) is 33.6 Å². The third kappa shape index (κ3) is 3.62. The molecule has 5 heteroatoms. The first-order chi connectivity index (χ1) is 9.08. The second-order valence-corrected chi connectivity index (χ2v) is 6.35. The molecule has 0 amide bonds. The Labute approximate surface area is 118 Å². The van der Waals surface area contributed by atoms with E-state index in [0.29, 0.717) is 22.2 Å². The third-order valence-electron chi connectivity index (χ3n) is 3.34. The van der Waals surface area contributed by atoms with Gasteiger partial charge in [0.2, 0.25) is 0 Å². The second-order valence-electron chi connectivity index (χ2n) is 4.95. The quantitative estimate of drug-likeness (QED) is 0.887. The zero-order chi connectivity index (χ0) is 13.8. The van der Waals surface area contributed by atoms with Gasteiger partial charge in [-0.25, -0.2) is 4.79 Å². The summed E-state index contributed by atoms with van der Waals surface area (Å²) < 4.78 is 0. The summed E-state index contributed by atoms with van der Waals surface area (Å²) in [6.45, 7) is 4.46. The number of carboxylic acid groups (broad SMARTS) is 1. The Bertz CT molecular complexity index is 471. The zero-order valence-corrected chi connectivity index (χ0v) is 12.2. The number of nitrogens with one attached hydrogen (secondary N) is 1. The van der Waals surface area contributed by atoms with Gasteiger partial charge < -0.3 is 10.4 Å². The minimum absolute atomic E-state index is 0.298. The lowest BCUT2D eigenvalue weighted by Crippen LogP contribution is -2.21. The normalized spacial score (nSPS) is 19.2. The van der Waals surface area contributed by atoms with Crippen molar-refractivity contribution in [2.75, 3.05) is 17.6 Å². The maximum atomic E-state index is 11.3. The number of pyridine rings is 1. The van der Waals surface area contributed by atoms with E-state index in [-0.39, 0.29) is 0 Å². The zero-order valence-electron chi connectivity index (χ0n) is 11.4. The van der Waals surface area contributed by atoms with E-state index in [0.717, 1.165) is 12.2 Å². The van der Waals surface area contributed by atoms with E-state index >= 15 is 0 Å². The van der Waals surface area contributed by atoms with Gasteiger partial charge in [-0.2, -0.15) is 11.8 Å². The first-order valence-corrected chi connectivity index (χ1v) is 7.70. The van der Waals surface area contributed by atoms with Crippen molar-refractivity contribution in [1.82, 2.24) is 4.98 Å². The van der Waals surface area contributed by atoms with E-state index < -0.39 is 5.97 Å². The first-order valence-electron chi connectivity index (χ1n) is 6.65. The number of aromatic carboxylic acids is 1.